The van der Waals surface area contributed by atoms with Gasteiger partial charge >= 0.3 is 0 Å². The molecular weight excluding hydrogens is 254 g/mol. The largest absolute Gasteiger partial charge is 0.248 e. The zero-order chi connectivity index (χ0) is 14.9. The molecule has 1 heteroatoms. The van der Waals surface area contributed by atoms with Gasteiger partial charge in [0, 0.05) is 10.9 Å². The second-order valence-electron chi connectivity index (χ2n) is 6.83. The lowest BCUT2D eigenvalue weighted by Gasteiger charge is -2.18. The highest BCUT2D eigenvalue weighted by molar-refractivity contribution is 5.82. The van der Waals surface area contributed by atoms with Crippen molar-refractivity contribution in [1.29, 1.82) is 0 Å². The van der Waals surface area contributed by atoms with E-state index >= 15 is 0 Å². The molecule has 0 aliphatic rings. The van der Waals surface area contributed by atoms with Gasteiger partial charge < -0.3 is 0 Å². The van der Waals surface area contributed by atoms with Crippen LogP contribution in [-0.4, -0.2) is 4.98 Å². The van der Waals surface area contributed by atoms with E-state index < -0.39 is 0 Å². The van der Waals surface area contributed by atoms with Gasteiger partial charge in [-0.05, 0) is 35.6 Å². The molecule has 0 N–H and O–H groups in total. The zero-order valence-corrected chi connectivity index (χ0v) is 12.9. The first-order valence-electron chi connectivity index (χ1n) is 7.46. The number of benzene rings is 2. The van der Waals surface area contributed by atoms with Crippen molar-refractivity contribution in [3.8, 4) is 11.3 Å². The monoisotopic (exact) mass is 275 g/mol. The molecule has 0 spiro atoms. The van der Waals surface area contributed by atoms with Crippen LogP contribution < -0.4 is 0 Å². The Morgan fingerprint density at radius 3 is 2.33 bits per heavy atom. The highest BCUT2D eigenvalue weighted by Crippen LogP contribution is 2.25. The van der Waals surface area contributed by atoms with Crippen LogP contribution in [0.4, 0.5) is 0 Å². The fraction of sp³-hybridized carbons (Fsp3) is 0.250. The fourth-order valence-electron chi connectivity index (χ4n) is 2.67. The zero-order valence-electron chi connectivity index (χ0n) is 12.9. The summed E-state index contributed by atoms with van der Waals surface area (Å²) >= 11 is 0. The van der Waals surface area contributed by atoms with Crippen molar-refractivity contribution in [3.63, 3.8) is 0 Å². The van der Waals surface area contributed by atoms with Gasteiger partial charge in [0.15, 0.2) is 0 Å². The van der Waals surface area contributed by atoms with Crippen LogP contribution in [0, 0.1) is 5.41 Å². The van der Waals surface area contributed by atoms with Crippen molar-refractivity contribution < 1.29 is 0 Å². The maximum absolute atomic E-state index is 4.78. The number of pyridine rings is 1. The molecule has 0 aliphatic heterocycles. The van der Waals surface area contributed by atoms with Gasteiger partial charge in [-0.3, -0.25) is 0 Å². The molecule has 0 saturated carbocycles. The van der Waals surface area contributed by atoms with Crippen molar-refractivity contribution in [3.05, 3.63) is 66.2 Å². The van der Waals surface area contributed by atoms with Crippen molar-refractivity contribution in [2.75, 3.05) is 0 Å². The third-order valence-electron chi connectivity index (χ3n) is 3.56. The third kappa shape index (κ3) is 3.30. The van der Waals surface area contributed by atoms with Crippen LogP contribution in [0.1, 0.15) is 26.3 Å². The first kappa shape index (κ1) is 13.8. The smallest absolute Gasteiger partial charge is 0.0709 e. The summed E-state index contributed by atoms with van der Waals surface area (Å²) in [5, 5.41) is 1.22. The Labute approximate surface area is 126 Å². The number of nitrogens with zero attached hydrogens (tertiary/aromatic N) is 1. The average molecular weight is 275 g/mol. The Bertz CT molecular complexity index is 752. The molecule has 0 atom stereocenters. The number of fused-ring (bicyclic) bond motifs is 1. The second kappa shape index (κ2) is 5.33. The van der Waals surface area contributed by atoms with E-state index in [-0.39, 0.29) is 0 Å². The van der Waals surface area contributed by atoms with E-state index in [0.717, 1.165) is 23.2 Å². The maximum atomic E-state index is 4.78. The molecule has 3 aromatic rings. The van der Waals surface area contributed by atoms with Gasteiger partial charge in [0.1, 0.15) is 0 Å². The quantitative estimate of drug-likeness (QED) is 0.602. The van der Waals surface area contributed by atoms with Crippen LogP contribution in [-0.2, 0) is 6.42 Å². The van der Waals surface area contributed by atoms with E-state index in [2.05, 4.69) is 63.2 Å². The topological polar surface area (TPSA) is 12.9 Å². The second-order valence-corrected chi connectivity index (χ2v) is 6.83. The SMILES string of the molecule is CC(C)(C)Cc1ccc2nc(-c3ccccc3)ccc2c1. The van der Waals surface area contributed by atoms with E-state index in [0.29, 0.717) is 5.41 Å². The van der Waals surface area contributed by atoms with Crippen LogP contribution in [0.25, 0.3) is 22.2 Å². The summed E-state index contributed by atoms with van der Waals surface area (Å²) in [4.78, 5) is 4.78. The fourth-order valence-corrected chi connectivity index (χ4v) is 2.67. The molecule has 0 radical (unpaired) electrons. The van der Waals surface area contributed by atoms with E-state index in [9.17, 15) is 0 Å². The maximum Gasteiger partial charge on any atom is 0.0709 e. The molecule has 21 heavy (non-hydrogen) atoms. The molecule has 3 rings (SSSR count). The highest BCUT2D eigenvalue weighted by Gasteiger charge is 2.11. The number of hydrogen-bond donors (Lipinski definition) is 0. The van der Waals surface area contributed by atoms with Crippen molar-refractivity contribution in [2.45, 2.75) is 27.2 Å². The predicted molar refractivity (Wildman–Crippen MR) is 90.3 cm³/mol. The molecule has 0 aliphatic carbocycles. The first-order chi connectivity index (χ1) is 10.0. The van der Waals surface area contributed by atoms with Crippen LogP contribution in [0.15, 0.2) is 60.7 Å². The molecule has 0 bridgehead atoms. The van der Waals surface area contributed by atoms with Gasteiger partial charge in [0.05, 0.1) is 11.2 Å². The molecule has 0 fully saturated rings. The summed E-state index contributed by atoms with van der Waals surface area (Å²) in [5.41, 5.74) is 4.95. The lowest BCUT2D eigenvalue weighted by atomic mass is 9.88. The van der Waals surface area contributed by atoms with E-state index in [1.165, 1.54) is 10.9 Å². The first-order valence-corrected chi connectivity index (χ1v) is 7.46. The number of aromatic nitrogens is 1. The molecule has 106 valence electrons. The van der Waals surface area contributed by atoms with Crippen LogP contribution in [0.2, 0.25) is 0 Å². The molecule has 1 aromatic heterocycles. The minimum Gasteiger partial charge on any atom is -0.248 e. The lowest BCUT2D eigenvalue weighted by Crippen LogP contribution is -2.08. The standard InChI is InChI=1S/C20H21N/c1-20(2,3)14-15-9-11-19-17(13-15)10-12-18(21-19)16-7-5-4-6-8-16/h4-13H,14H2,1-3H3. The van der Waals surface area contributed by atoms with Gasteiger partial charge in [0.2, 0.25) is 0 Å². The van der Waals surface area contributed by atoms with Crippen LogP contribution >= 0.6 is 0 Å². The Morgan fingerprint density at radius 1 is 0.857 bits per heavy atom. The minimum atomic E-state index is 0.311. The van der Waals surface area contributed by atoms with Crippen molar-refractivity contribution in [1.82, 2.24) is 4.98 Å². The number of hydrogen-bond acceptors (Lipinski definition) is 1. The average Bonchev–Trinajstić information content (AvgIpc) is 2.46. The van der Waals surface area contributed by atoms with Crippen LogP contribution in [0.3, 0.4) is 0 Å². The van der Waals surface area contributed by atoms with Crippen LogP contribution in [0.5, 0.6) is 0 Å². The molecule has 1 heterocycles. The predicted octanol–water partition coefficient (Wildman–Crippen LogP) is 5.49. The lowest BCUT2D eigenvalue weighted by molar-refractivity contribution is 0.411. The van der Waals surface area contributed by atoms with Crippen molar-refractivity contribution >= 4 is 10.9 Å². The molecule has 0 saturated heterocycles. The summed E-state index contributed by atoms with van der Waals surface area (Å²) in [6.07, 6.45) is 1.09. The highest BCUT2D eigenvalue weighted by atomic mass is 14.7. The van der Waals surface area contributed by atoms with Gasteiger partial charge in [-0.25, -0.2) is 4.98 Å². The van der Waals surface area contributed by atoms with Gasteiger partial charge in [-0.15, -0.1) is 0 Å². The Hall–Kier alpha value is -2.15. The Balaban J connectivity index is 1.99. The van der Waals surface area contributed by atoms with Crippen molar-refractivity contribution in [2.24, 2.45) is 5.41 Å². The Morgan fingerprint density at radius 2 is 1.62 bits per heavy atom. The summed E-state index contributed by atoms with van der Waals surface area (Å²) in [6, 6.07) is 21.2. The Kier molecular flexibility index (Phi) is 3.50. The molecule has 0 amide bonds. The normalized spacial score (nSPS) is 11.8. The summed E-state index contributed by atoms with van der Waals surface area (Å²) in [5.74, 6) is 0. The molecule has 1 nitrogen and oxygen atoms in total. The van der Waals surface area contributed by atoms with Gasteiger partial charge in [-0.2, -0.15) is 0 Å². The van der Waals surface area contributed by atoms with E-state index in [1.54, 1.807) is 0 Å². The van der Waals surface area contributed by atoms with Gasteiger partial charge in [-0.1, -0.05) is 63.2 Å². The summed E-state index contributed by atoms with van der Waals surface area (Å²) in [7, 11) is 0. The third-order valence-corrected chi connectivity index (χ3v) is 3.56. The van der Waals surface area contributed by atoms with E-state index in [1.807, 2.05) is 18.2 Å². The minimum absolute atomic E-state index is 0.311. The summed E-state index contributed by atoms with van der Waals surface area (Å²) < 4.78 is 0. The van der Waals surface area contributed by atoms with Gasteiger partial charge in [0.25, 0.3) is 0 Å². The van der Waals surface area contributed by atoms with E-state index in [4.69, 9.17) is 4.98 Å². The molecule has 0 unspecified atom stereocenters. The number of rotatable bonds is 2. The molecule has 2 aromatic carbocycles. The summed E-state index contributed by atoms with van der Waals surface area (Å²) in [6.45, 7) is 6.82. The molecular formula is C20H21N.